The molecule has 148 valence electrons. The highest BCUT2D eigenvalue weighted by atomic mass is 32.3. The normalized spacial score (nSPS) is 31.5. The van der Waals surface area contributed by atoms with E-state index >= 15 is 0 Å². The van der Waals surface area contributed by atoms with Crippen molar-refractivity contribution in [2.45, 2.75) is 30.7 Å². The van der Waals surface area contributed by atoms with Crippen LogP contribution in [0.2, 0.25) is 0 Å². The predicted molar refractivity (Wildman–Crippen MR) is 67.4 cm³/mol. The van der Waals surface area contributed by atoms with E-state index in [4.69, 9.17) is 13.7 Å². The van der Waals surface area contributed by atoms with Crippen LogP contribution in [-0.2, 0) is 53.3 Å². The molecule has 1 heterocycles. The van der Waals surface area contributed by atoms with Crippen LogP contribution < -0.4 is 0 Å². The Bertz CT molecular complexity index is 808. The molecule has 0 saturated carbocycles. The summed E-state index contributed by atoms with van der Waals surface area (Å²) in [6.07, 6.45) is -13.0. The van der Waals surface area contributed by atoms with Crippen molar-refractivity contribution in [3.8, 4) is 0 Å². The molecule has 0 aromatic heterocycles. The van der Waals surface area contributed by atoms with E-state index in [2.05, 4.69) is 17.3 Å². The third kappa shape index (κ3) is 7.02. The molecule has 1 rings (SSSR count). The maximum atomic E-state index is 11.4. The van der Waals surface area contributed by atoms with Crippen molar-refractivity contribution in [2.75, 3.05) is 0 Å². The van der Waals surface area contributed by atoms with E-state index in [1.807, 2.05) is 0 Å². The van der Waals surface area contributed by atoms with Gasteiger partial charge < -0.3 is 19.1 Å². The zero-order valence-electron chi connectivity index (χ0n) is 11.3. The second-order valence-corrected chi connectivity index (χ2v) is 7.36. The maximum Gasteiger partial charge on any atom is 0.449 e. The van der Waals surface area contributed by atoms with Crippen molar-refractivity contribution in [3.63, 3.8) is 0 Å². The Labute approximate surface area is 139 Å². The SMILES string of the molecule is O=C(OS(=O)(=O)O)[C@H]1O[C@@H](O)[C@H](OS(=O)(=O)O)[C@@H](OS(=O)(=O)O)[C@H]1O. The number of rotatable bonds is 6. The number of hydrogen-bond donors (Lipinski definition) is 5. The summed E-state index contributed by atoms with van der Waals surface area (Å²) in [5.74, 6) is -2.08. The zero-order chi connectivity index (χ0) is 19.8. The van der Waals surface area contributed by atoms with E-state index in [-0.39, 0.29) is 0 Å². The number of aliphatic hydroxyl groups excluding tert-OH is 2. The van der Waals surface area contributed by atoms with E-state index in [1.54, 1.807) is 0 Å². The van der Waals surface area contributed by atoms with E-state index < -0.39 is 67.9 Å². The van der Waals surface area contributed by atoms with Gasteiger partial charge in [-0.25, -0.2) is 13.2 Å². The molecular weight excluding hydrogens is 424 g/mol. The van der Waals surface area contributed by atoms with Gasteiger partial charge in [-0.2, -0.15) is 25.3 Å². The molecule has 0 spiro atoms. The van der Waals surface area contributed by atoms with Crippen LogP contribution in [-0.4, -0.2) is 85.8 Å². The van der Waals surface area contributed by atoms with E-state index in [1.165, 1.54) is 0 Å². The fraction of sp³-hybridized carbons (Fsp3) is 0.833. The summed E-state index contributed by atoms with van der Waals surface area (Å²) in [6.45, 7) is 0. The second kappa shape index (κ2) is 7.32. The van der Waals surface area contributed by atoms with Crippen LogP contribution in [0.4, 0.5) is 0 Å². The van der Waals surface area contributed by atoms with Crippen LogP contribution in [0.1, 0.15) is 0 Å². The lowest BCUT2D eigenvalue weighted by atomic mass is 9.99. The number of carbonyl (C=O) groups is 1. The van der Waals surface area contributed by atoms with Crippen molar-refractivity contribution in [1.29, 1.82) is 0 Å². The lowest BCUT2D eigenvalue weighted by Gasteiger charge is -2.39. The summed E-state index contributed by atoms with van der Waals surface area (Å²) in [6, 6.07) is 0. The van der Waals surface area contributed by atoms with Crippen LogP contribution >= 0.6 is 0 Å². The van der Waals surface area contributed by atoms with Gasteiger partial charge in [-0.1, -0.05) is 0 Å². The maximum absolute atomic E-state index is 11.4. The van der Waals surface area contributed by atoms with Crippen molar-refractivity contribution in [1.82, 2.24) is 0 Å². The van der Waals surface area contributed by atoms with Crippen LogP contribution in [0.25, 0.3) is 0 Å². The van der Waals surface area contributed by atoms with E-state index in [0.29, 0.717) is 0 Å². The van der Waals surface area contributed by atoms with Gasteiger partial charge in [0.25, 0.3) is 0 Å². The molecule has 1 aliphatic heterocycles. The first-order valence-corrected chi connectivity index (χ1v) is 9.63. The summed E-state index contributed by atoms with van der Waals surface area (Å²) in [7, 11) is -16.3. The molecule has 0 bridgehead atoms. The molecule has 16 nitrogen and oxygen atoms in total. The summed E-state index contributed by atoms with van der Waals surface area (Å²) >= 11 is 0. The van der Waals surface area contributed by atoms with Gasteiger partial charge in [0.1, 0.15) is 12.2 Å². The van der Waals surface area contributed by atoms with Crippen LogP contribution in [0.3, 0.4) is 0 Å². The zero-order valence-corrected chi connectivity index (χ0v) is 13.8. The molecule has 25 heavy (non-hydrogen) atoms. The smallest absolute Gasteiger partial charge is 0.387 e. The monoisotopic (exact) mass is 434 g/mol. The minimum Gasteiger partial charge on any atom is -0.387 e. The molecule has 0 radical (unpaired) electrons. The summed E-state index contributed by atoms with van der Waals surface area (Å²) in [5.41, 5.74) is 0. The molecule has 0 aromatic carbocycles. The molecular formula is C6H10O16S3. The van der Waals surface area contributed by atoms with Crippen molar-refractivity contribution >= 4 is 37.2 Å². The first-order chi connectivity index (χ1) is 11.0. The fourth-order valence-electron chi connectivity index (χ4n) is 1.68. The Hall–Kier alpha value is -1.00. The number of carbonyl (C=O) groups excluding carboxylic acids is 1. The van der Waals surface area contributed by atoms with Gasteiger partial charge in [-0.15, -0.1) is 0 Å². The Morgan fingerprint density at radius 1 is 0.800 bits per heavy atom. The van der Waals surface area contributed by atoms with Gasteiger partial charge in [0.05, 0.1) is 0 Å². The molecule has 19 heteroatoms. The average Bonchev–Trinajstić information content (AvgIpc) is 2.33. The predicted octanol–water partition coefficient (Wildman–Crippen LogP) is -4.21. The Balaban J connectivity index is 3.21. The number of aliphatic hydroxyl groups is 2. The van der Waals surface area contributed by atoms with Gasteiger partial charge >= 0.3 is 37.2 Å². The number of hydrogen-bond acceptors (Lipinski definition) is 13. The summed E-state index contributed by atoms with van der Waals surface area (Å²) in [4.78, 5) is 11.4. The highest BCUT2D eigenvalue weighted by Crippen LogP contribution is 2.27. The van der Waals surface area contributed by atoms with Gasteiger partial charge in [-0.05, 0) is 0 Å². The minimum absolute atomic E-state index is 2.08. The molecule has 0 aromatic rings. The highest BCUT2D eigenvalue weighted by Gasteiger charge is 2.53. The summed E-state index contributed by atoms with van der Waals surface area (Å²) in [5, 5.41) is 19.3. The Kier molecular flexibility index (Phi) is 6.45. The summed E-state index contributed by atoms with van der Waals surface area (Å²) < 4.78 is 105. The molecule has 1 aliphatic rings. The minimum atomic E-state index is -5.46. The molecule has 1 fully saturated rings. The highest BCUT2D eigenvalue weighted by molar-refractivity contribution is 7.81. The van der Waals surface area contributed by atoms with Crippen LogP contribution in [0, 0.1) is 0 Å². The quantitative estimate of drug-likeness (QED) is 0.248. The lowest BCUT2D eigenvalue weighted by molar-refractivity contribution is -0.269. The molecule has 0 unspecified atom stereocenters. The van der Waals surface area contributed by atoms with Crippen molar-refractivity contribution < 1.29 is 71.2 Å². The van der Waals surface area contributed by atoms with Crippen LogP contribution in [0.5, 0.6) is 0 Å². The van der Waals surface area contributed by atoms with Gasteiger partial charge in [0.15, 0.2) is 18.5 Å². The topological polar surface area (TPSA) is 258 Å². The van der Waals surface area contributed by atoms with E-state index in [9.17, 15) is 40.3 Å². The fourth-order valence-corrected chi connectivity index (χ4v) is 2.97. The average molecular weight is 434 g/mol. The second-order valence-electron chi connectivity index (χ2n) is 4.25. The third-order valence-electron chi connectivity index (χ3n) is 2.42. The van der Waals surface area contributed by atoms with Crippen LogP contribution in [0.15, 0.2) is 0 Å². The molecule has 0 amide bonds. The van der Waals surface area contributed by atoms with Gasteiger partial charge in [0, 0.05) is 0 Å². The van der Waals surface area contributed by atoms with E-state index in [0.717, 1.165) is 0 Å². The van der Waals surface area contributed by atoms with Gasteiger partial charge in [0.2, 0.25) is 0 Å². The Morgan fingerprint density at radius 2 is 1.24 bits per heavy atom. The first-order valence-electron chi connectivity index (χ1n) is 5.54. The van der Waals surface area contributed by atoms with Crippen molar-refractivity contribution in [3.05, 3.63) is 0 Å². The molecule has 1 saturated heterocycles. The number of ether oxygens (including phenoxy) is 1. The molecule has 5 N–H and O–H groups in total. The molecule has 0 aliphatic carbocycles. The largest absolute Gasteiger partial charge is 0.449 e. The lowest BCUT2D eigenvalue weighted by Crippen LogP contribution is -2.62. The standard InChI is InChI=1S/C6H10O16S3/c7-1-2(20-23(10,11)12)4(21-24(13,14)15)5(8)19-3(1)6(9)22-25(16,17)18/h1-5,7-8H,(H,10,11,12)(H,13,14,15)(H,16,17,18)/t1-,2+,3+,4-,5-/m1/s1. The van der Waals surface area contributed by atoms with Crippen molar-refractivity contribution in [2.24, 2.45) is 0 Å². The Morgan fingerprint density at radius 3 is 1.64 bits per heavy atom. The van der Waals surface area contributed by atoms with Gasteiger partial charge in [-0.3, -0.25) is 13.7 Å². The molecule has 5 atom stereocenters. The third-order valence-corrected chi connectivity index (χ3v) is 3.73. The first kappa shape index (κ1) is 22.0.